The molecule has 0 radical (unpaired) electrons. The van der Waals surface area contributed by atoms with Gasteiger partial charge in [0.1, 0.15) is 0 Å². The first-order valence-electron chi connectivity index (χ1n) is 4.85. The second kappa shape index (κ2) is 2.84. The molecule has 1 heterocycles. The molecule has 2 unspecified atom stereocenters. The van der Waals surface area contributed by atoms with E-state index in [9.17, 15) is 0 Å². The molecule has 2 rings (SSSR count). The Morgan fingerprint density at radius 1 is 1.69 bits per heavy atom. The van der Waals surface area contributed by atoms with Gasteiger partial charge in [-0.2, -0.15) is 5.10 Å². The van der Waals surface area contributed by atoms with Gasteiger partial charge < -0.3 is 5.32 Å². The van der Waals surface area contributed by atoms with Gasteiger partial charge in [-0.05, 0) is 24.8 Å². The van der Waals surface area contributed by atoms with E-state index in [0.29, 0.717) is 17.5 Å². The number of hydrogen-bond acceptors (Lipinski definition) is 2. The monoisotopic (exact) mass is 179 g/mol. The van der Waals surface area contributed by atoms with Gasteiger partial charge >= 0.3 is 0 Å². The number of H-pyrrole nitrogens is 1. The van der Waals surface area contributed by atoms with Crippen LogP contribution in [0.25, 0.3) is 0 Å². The van der Waals surface area contributed by atoms with Gasteiger partial charge in [-0.1, -0.05) is 13.8 Å². The summed E-state index contributed by atoms with van der Waals surface area (Å²) in [6, 6.07) is 3.08. The molecule has 3 nitrogen and oxygen atoms in total. The molecule has 0 aromatic carbocycles. The third-order valence-corrected chi connectivity index (χ3v) is 2.95. The van der Waals surface area contributed by atoms with Crippen molar-refractivity contribution in [2.45, 2.75) is 39.3 Å². The molecule has 0 saturated heterocycles. The van der Waals surface area contributed by atoms with E-state index in [4.69, 9.17) is 0 Å². The second-order valence-corrected chi connectivity index (χ2v) is 4.65. The van der Waals surface area contributed by atoms with E-state index in [2.05, 4.69) is 36.3 Å². The Labute approximate surface area is 78.9 Å². The number of hydrogen-bond donors (Lipinski definition) is 2. The van der Waals surface area contributed by atoms with E-state index in [1.165, 1.54) is 12.1 Å². The van der Waals surface area contributed by atoms with E-state index in [1.807, 2.05) is 6.07 Å². The van der Waals surface area contributed by atoms with Gasteiger partial charge in [0.15, 0.2) is 0 Å². The molecule has 72 valence electrons. The summed E-state index contributed by atoms with van der Waals surface area (Å²) in [7, 11) is 0. The van der Waals surface area contributed by atoms with Crippen molar-refractivity contribution in [1.29, 1.82) is 0 Å². The maximum atomic E-state index is 3.94. The molecule has 1 aliphatic carbocycles. The molecular formula is C10H17N3. The molecule has 1 aliphatic rings. The summed E-state index contributed by atoms with van der Waals surface area (Å²) >= 11 is 0. The molecule has 0 bridgehead atoms. The van der Waals surface area contributed by atoms with Gasteiger partial charge in [-0.15, -0.1) is 0 Å². The molecule has 1 aromatic rings. The molecule has 1 fully saturated rings. The van der Waals surface area contributed by atoms with E-state index >= 15 is 0 Å². The zero-order valence-electron chi connectivity index (χ0n) is 8.46. The van der Waals surface area contributed by atoms with Crippen LogP contribution in [0.3, 0.4) is 0 Å². The van der Waals surface area contributed by atoms with Crippen LogP contribution in [-0.2, 0) is 0 Å². The highest BCUT2D eigenvalue weighted by atomic mass is 15.1. The molecule has 0 aliphatic heterocycles. The van der Waals surface area contributed by atoms with Crippen LogP contribution < -0.4 is 5.32 Å². The quantitative estimate of drug-likeness (QED) is 0.743. The molecule has 13 heavy (non-hydrogen) atoms. The lowest BCUT2D eigenvalue weighted by molar-refractivity contribution is 0.485. The van der Waals surface area contributed by atoms with Crippen molar-refractivity contribution in [2.24, 2.45) is 5.41 Å². The summed E-state index contributed by atoms with van der Waals surface area (Å²) in [4.78, 5) is 0. The van der Waals surface area contributed by atoms with Crippen LogP contribution in [0.1, 0.15) is 38.9 Å². The van der Waals surface area contributed by atoms with Gasteiger partial charge in [0.2, 0.25) is 0 Å². The standard InChI is InChI=1S/C10H17N3/c1-7(8-4-5-11-13-8)12-9-6-10(9,2)3/h4-5,7,9,12H,6H2,1-3H3,(H,11,13). The lowest BCUT2D eigenvalue weighted by Crippen LogP contribution is -2.24. The third kappa shape index (κ3) is 1.75. The van der Waals surface area contributed by atoms with E-state index in [1.54, 1.807) is 6.20 Å². The number of aromatic nitrogens is 2. The number of nitrogens with zero attached hydrogens (tertiary/aromatic N) is 1. The van der Waals surface area contributed by atoms with Crippen LogP contribution in [-0.4, -0.2) is 16.2 Å². The topological polar surface area (TPSA) is 40.7 Å². The summed E-state index contributed by atoms with van der Waals surface area (Å²) in [5, 5.41) is 10.5. The van der Waals surface area contributed by atoms with E-state index < -0.39 is 0 Å². The van der Waals surface area contributed by atoms with Crippen molar-refractivity contribution in [1.82, 2.24) is 15.5 Å². The number of rotatable bonds is 3. The summed E-state index contributed by atoms with van der Waals surface area (Å²) in [5.74, 6) is 0. The highest BCUT2D eigenvalue weighted by Gasteiger charge is 2.45. The van der Waals surface area contributed by atoms with Crippen LogP contribution in [0.4, 0.5) is 0 Å². The van der Waals surface area contributed by atoms with Crippen molar-refractivity contribution in [3.63, 3.8) is 0 Å². The van der Waals surface area contributed by atoms with Gasteiger partial charge in [-0.25, -0.2) is 0 Å². The smallest absolute Gasteiger partial charge is 0.0518 e. The fraction of sp³-hybridized carbons (Fsp3) is 0.700. The highest BCUT2D eigenvalue weighted by Crippen LogP contribution is 2.45. The predicted molar refractivity (Wildman–Crippen MR) is 52.3 cm³/mol. The fourth-order valence-electron chi connectivity index (χ4n) is 1.65. The minimum Gasteiger partial charge on any atom is -0.306 e. The molecule has 0 amide bonds. The summed E-state index contributed by atoms with van der Waals surface area (Å²) in [6.45, 7) is 6.76. The van der Waals surface area contributed by atoms with Crippen molar-refractivity contribution >= 4 is 0 Å². The van der Waals surface area contributed by atoms with Crippen LogP contribution in [0.15, 0.2) is 12.3 Å². The Balaban J connectivity index is 1.90. The average molecular weight is 179 g/mol. The van der Waals surface area contributed by atoms with Gasteiger partial charge in [0, 0.05) is 18.3 Å². The molecule has 2 N–H and O–H groups in total. The number of aromatic amines is 1. The number of nitrogens with one attached hydrogen (secondary N) is 2. The first-order valence-corrected chi connectivity index (χ1v) is 4.85. The van der Waals surface area contributed by atoms with Crippen LogP contribution >= 0.6 is 0 Å². The zero-order valence-corrected chi connectivity index (χ0v) is 8.46. The van der Waals surface area contributed by atoms with Crippen molar-refractivity contribution < 1.29 is 0 Å². The van der Waals surface area contributed by atoms with Crippen molar-refractivity contribution in [3.8, 4) is 0 Å². The van der Waals surface area contributed by atoms with E-state index in [0.717, 1.165) is 0 Å². The second-order valence-electron chi connectivity index (χ2n) is 4.65. The van der Waals surface area contributed by atoms with E-state index in [-0.39, 0.29) is 0 Å². The van der Waals surface area contributed by atoms with Gasteiger partial charge in [0.05, 0.1) is 5.69 Å². The lowest BCUT2D eigenvalue weighted by Gasteiger charge is -2.12. The molecule has 2 atom stereocenters. The zero-order chi connectivity index (χ0) is 9.47. The molecule has 3 heteroatoms. The van der Waals surface area contributed by atoms with Crippen molar-refractivity contribution in [2.75, 3.05) is 0 Å². The van der Waals surface area contributed by atoms with Gasteiger partial charge in [0.25, 0.3) is 0 Å². The van der Waals surface area contributed by atoms with Gasteiger partial charge in [-0.3, -0.25) is 5.10 Å². The Morgan fingerprint density at radius 3 is 2.85 bits per heavy atom. The molecule has 1 saturated carbocycles. The van der Waals surface area contributed by atoms with Crippen molar-refractivity contribution in [3.05, 3.63) is 18.0 Å². The first-order chi connectivity index (χ1) is 6.09. The van der Waals surface area contributed by atoms with Crippen LogP contribution in [0, 0.1) is 5.41 Å². The van der Waals surface area contributed by atoms with Crippen LogP contribution in [0.2, 0.25) is 0 Å². The van der Waals surface area contributed by atoms with Crippen LogP contribution in [0.5, 0.6) is 0 Å². The normalized spacial score (nSPS) is 27.2. The molecule has 0 spiro atoms. The maximum absolute atomic E-state index is 3.94. The Morgan fingerprint density at radius 2 is 2.38 bits per heavy atom. The SMILES string of the molecule is CC(NC1CC1(C)C)c1ccn[nH]1. The Bertz CT molecular complexity index is 276. The third-order valence-electron chi connectivity index (χ3n) is 2.95. The Hall–Kier alpha value is -0.830. The lowest BCUT2D eigenvalue weighted by atomic mass is 10.1. The summed E-state index contributed by atoms with van der Waals surface area (Å²) in [6.07, 6.45) is 3.08. The highest BCUT2D eigenvalue weighted by molar-refractivity contribution is 5.08. The first kappa shape index (κ1) is 8.75. The average Bonchev–Trinajstić information content (AvgIpc) is 2.58. The minimum atomic E-state index is 0.384. The minimum absolute atomic E-state index is 0.384. The molecular weight excluding hydrogens is 162 g/mol. The largest absolute Gasteiger partial charge is 0.306 e. The molecule has 1 aromatic heterocycles. The summed E-state index contributed by atoms with van der Waals surface area (Å²) in [5.41, 5.74) is 1.66. The fourth-order valence-corrected chi connectivity index (χ4v) is 1.65. The maximum Gasteiger partial charge on any atom is 0.0518 e. The Kier molecular flexibility index (Phi) is 1.91. The summed E-state index contributed by atoms with van der Waals surface area (Å²) < 4.78 is 0. The predicted octanol–water partition coefficient (Wildman–Crippen LogP) is 1.86.